The Kier molecular flexibility index (Phi) is 5.67. The van der Waals surface area contributed by atoms with Gasteiger partial charge in [-0.05, 0) is 67.8 Å². The fourth-order valence-corrected chi connectivity index (χ4v) is 3.98. The van der Waals surface area contributed by atoms with Gasteiger partial charge in [-0.15, -0.1) is 5.10 Å². The number of hydrogen-bond acceptors (Lipinski definition) is 7. The molecule has 0 saturated carbocycles. The van der Waals surface area contributed by atoms with Crippen molar-refractivity contribution in [1.82, 2.24) is 29.1 Å². The summed E-state index contributed by atoms with van der Waals surface area (Å²) < 4.78 is 9.08. The first kappa shape index (κ1) is 21.6. The SMILES string of the molecule is COc1ccc(/C(C)=N/OCc2nc3c4c(C)c(C)n(Cc5cccnc5)c4ncn3n2)cc1. The zero-order valence-corrected chi connectivity index (χ0v) is 19.6. The largest absolute Gasteiger partial charge is 0.497 e. The van der Waals surface area contributed by atoms with Gasteiger partial charge in [0.1, 0.15) is 17.7 Å². The molecule has 9 nitrogen and oxygen atoms in total. The van der Waals surface area contributed by atoms with Crippen LogP contribution in [-0.2, 0) is 18.0 Å². The number of nitrogens with zero attached hydrogens (tertiary/aromatic N) is 7. The standard InChI is InChI=1S/C25H25N7O2/c1-16-18(3)31(13-19-6-5-11-26-12-19)24-23(16)25-28-22(29-32(25)15-27-24)14-34-30-17(2)20-7-9-21(33-4)10-8-20/h5-12,15H,13-14H2,1-4H3/b30-17+. The number of benzene rings is 1. The van der Waals surface area contributed by atoms with E-state index in [1.54, 1.807) is 24.1 Å². The molecule has 0 fully saturated rings. The Bertz CT molecular complexity index is 1490. The summed E-state index contributed by atoms with van der Waals surface area (Å²) in [5.74, 6) is 1.34. The average Bonchev–Trinajstić information content (AvgIpc) is 3.39. The van der Waals surface area contributed by atoms with E-state index in [2.05, 4.69) is 44.7 Å². The predicted octanol–water partition coefficient (Wildman–Crippen LogP) is 4.09. The van der Waals surface area contributed by atoms with Crippen molar-refractivity contribution in [2.24, 2.45) is 5.16 Å². The molecule has 4 aromatic heterocycles. The molecule has 0 aliphatic heterocycles. The zero-order valence-electron chi connectivity index (χ0n) is 19.6. The predicted molar refractivity (Wildman–Crippen MR) is 129 cm³/mol. The number of hydrogen-bond donors (Lipinski definition) is 0. The fourth-order valence-electron chi connectivity index (χ4n) is 3.98. The lowest BCUT2D eigenvalue weighted by Crippen LogP contribution is -2.03. The van der Waals surface area contributed by atoms with Gasteiger partial charge in [0.15, 0.2) is 18.1 Å². The molecule has 5 aromatic rings. The van der Waals surface area contributed by atoms with E-state index in [9.17, 15) is 0 Å². The summed E-state index contributed by atoms with van der Waals surface area (Å²) in [4.78, 5) is 19.2. The molecular formula is C25H25N7O2. The molecule has 34 heavy (non-hydrogen) atoms. The minimum Gasteiger partial charge on any atom is -0.497 e. The van der Waals surface area contributed by atoms with Crippen LogP contribution < -0.4 is 4.74 Å². The third-order valence-corrected chi connectivity index (χ3v) is 5.96. The molecule has 0 amide bonds. The van der Waals surface area contributed by atoms with Gasteiger partial charge in [-0.2, -0.15) is 0 Å². The summed E-state index contributed by atoms with van der Waals surface area (Å²) >= 11 is 0. The average molecular weight is 456 g/mol. The second-order valence-corrected chi connectivity index (χ2v) is 8.08. The van der Waals surface area contributed by atoms with E-state index in [-0.39, 0.29) is 6.61 Å². The molecule has 0 atom stereocenters. The molecule has 1 aromatic carbocycles. The Morgan fingerprint density at radius 1 is 1.09 bits per heavy atom. The highest BCUT2D eigenvalue weighted by Gasteiger charge is 2.18. The maximum absolute atomic E-state index is 5.56. The molecule has 0 N–H and O–H groups in total. The fraction of sp³-hybridized carbons (Fsp3) is 0.240. The molecular weight excluding hydrogens is 430 g/mol. The number of aryl methyl sites for hydroxylation is 1. The van der Waals surface area contributed by atoms with Crippen LogP contribution in [0.2, 0.25) is 0 Å². The van der Waals surface area contributed by atoms with Gasteiger partial charge in [0.2, 0.25) is 0 Å². The maximum Gasteiger partial charge on any atom is 0.192 e. The number of aromatic nitrogens is 6. The van der Waals surface area contributed by atoms with Crippen LogP contribution in [0.5, 0.6) is 5.75 Å². The molecule has 0 aliphatic carbocycles. The van der Waals surface area contributed by atoms with E-state index in [0.717, 1.165) is 50.5 Å². The van der Waals surface area contributed by atoms with Crippen LogP contribution in [0, 0.1) is 13.8 Å². The first-order chi connectivity index (χ1) is 16.5. The van der Waals surface area contributed by atoms with Crippen LogP contribution in [0.25, 0.3) is 16.7 Å². The van der Waals surface area contributed by atoms with E-state index >= 15 is 0 Å². The van der Waals surface area contributed by atoms with Crippen LogP contribution in [0.15, 0.2) is 60.3 Å². The van der Waals surface area contributed by atoms with Crippen LogP contribution >= 0.6 is 0 Å². The second-order valence-electron chi connectivity index (χ2n) is 8.08. The Morgan fingerprint density at radius 3 is 2.65 bits per heavy atom. The second kappa shape index (κ2) is 8.93. The van der Waals surface area contributed by atoms with E-state index in [1.807, 2.05) is 43.5 Å². The van der Waals surface area contributed by atoms with Gasteiger partial charge in [0.05, 0.1) is 24.8 Å². The molecule has 5 rings (SSSR count). The number of methoxy groups -OCH3 is 1. The molecule has 0 radical (unpaired) electrons. The molecule has 0 saturated heterocycles. The van der Waals surface area contributed by atoms with Crippen molar-refractivity contribution in [3.05, 3.63) is 83.3 Å². The van der Waals surface area contributed by atoms with Crippen LogP contribution in [0.3, 0.4) is 0 Å². The summed E-state index contributed by atoms with van der Waals surface area (Å²) in [6.07, 6.45) is 5.35. The lowest BCUT2D eigenvalue weighted by molar-refractivity contribution is 0.125. The number of ether oxygens (including phenoxy) is 1. The minimum atomic E-state index is 0.158. The normalized spacial score (nSPS) is 11.9. The number of fused-ring (bicyclic) bond motifs is 3. The van der Waals surface area contributed by atoms with E-state index in [4.69, 9.17) is 14.6 Å². The van der Waals surface area contributed by atoms with Crippen molar-refractivity contribution in [3.8, 4) is 5.75 Å². The lowest BCUT2D eigenvalue weighted by atomic mass is 10.1. The van der Waals surface area contributed by atoms with Gasteiger partial charge in [-0.3, -0.25) is 4.98 Å². The molecule has 0 spiro atoms. The highest BCUT2D eigenvalue weighted by atomic mass is 16.6. The molecule has 9 heteroatoms. The van der Waals surface area contributed by atoms with Crippen molar-refractivity contribution < 1.29 is 9.57 Å². The Labute approximate surface area is 196 Å². The third-order valence-electron chi connectivity index (χ3n) is 5.96. The van der Waals surface area contributed by atoms with E-state index < -0.39 is 0 Å². The van der Waals surface area contributed by atoms with Crippen molar-refractivity contribution in [2.45, 2.75) is 33.9 Å². The van der Waals surface area contributed by atoms with Gasteiger partial charge in [0, 0.05) is 18.1 Å². The van der Waals surface area contributed by atoms with Crippen LogP contribution in [-0.4, -0.2) is 42.0 Å². The Morgan fingerprint density at radius 2 is 1.91 bits per heavy atom. The first-order valence-electron chi connectivity index (χ1n) is 10.9. The maximum atomic E-state index is 5.56. The summed E-state index contributed by atoms with van der Waals surface area (Å²) in [7, 11) is 1.64. The third kappa shape index (κ3) is 3.96. The van der Waals surface area contributed by atoms with Gasteiger partial charge in [0.25, 0.3) is 0 Å². The number of oxime groups is 1. The number of rotatable bonds is 7. The van der Waals surface area contributed by atoms with E-state index in [0.29, 0.717) is 12.4 Å². The quantitative estimate of drug-likeness (QED) is 0.271. The summed E-state index contributed by atoms with van der Waals surface area (Å²) in [5, 5.41) is 9.74. The van der Waals surface area contributed by atoms with Crippen LogP contribution in [0.1, 0.15) is 35.1 Å². The smallest absolute Gasteiger partial charge is 0.192 e. The zero-order chi connectivity index (χ0) is 23.7. The molecule has 0 bridgehead atoms. The monoisotopic (exact) mass is 455 g/mol. The van der Waals surface area contributed by atoms with Crippen molar-refractivity contribution in [2.75, 3.05) is 7.11 Å². The summed E-state index contributed by atoms with van der Waals surface area (Å²) in [5.41, 5.74) is 6.73. The highest BCUT2D eigenvalue weighted by molar-refractivity contribution is 5.98. The van der Waals surface area contributed by atoms with Crippen molar-refractivity contribution >= 4 is 22.4 Å². The van der Waals surface area contributed by atoms with Gasteiger partial charge < -0.3 is 14.1 Å². The molecule has 4 heterocycles. The Hall–Kier alpha value is -4.27. The van der Waals surface area contributed by atoms with Crippen molar-refractivity contribution in [3.63, 3.8) is 0 Å². The molecule has 0 unspecified atom stereocenters. The van der Waals surface area contributed by atoms with Crippen molar-refractivity contribution in [1.29, 1.82) is 0 Å². The van der Waals surface area contributed by atoms with Gasteiger partial charge in [-0.25, -0.2) is 14.5 Å². The van der Waals surface area contributed by atoms with Gasteiger partial charge in [-0.1, -0.05) is 11.2 Å². The number of pyridine rings is 1. The Balaban J connectivity index is 1.40. The topological polar surface area (TPSA) is 91.7 Å². The van der Waals surface area contributed by atoms with Crippen LogP contribution in [0.4, 0.5) is 0 Å². The minimum absolute atomic E-state index is 0.158. The highest BCUT2D eigenvalue weighted by Crippen LogP contribution is 2.27. The first-order valence-corrected chi connectivity index (χ1v) is 10.9. The van der Waals surface area contributed by atoms with E-state index in [1.165, 1.54) is 0 Å². The molecule has 172 valence electrons. The summed E-state index contributed by atoms with van der Waals surface area (Å²) in [6.45, 7) is 6.93. The lowest BCUT2D eigenvalue weighted by Gasteiger charge is -2.07. The van der Waals surface area contributed by atoms with Gasteiger partial charge >= 0.3 is 0 Å². The summed E-state index contributed by atoms with van der Waals surface area (Å²) in [6, 6.07) is 11.7. The molecule has 0 aliphatic rings.